The van der Waals surface area contributed by atoms with E-state index >= 15 is 0 Å². The number of amides is 1. The Balaban J connectivity index is 0.00000361. The Morgan fingerprint density at radius 3 is 2.55 bits per heavy atom. The lowest BCUT2D eigenvalue weighted by Crippen LogP contribution is -2.44. The number of carbonyl (C=O) groups excluding carboxylic acids is 1. The molecule has 0 radical (unpaired) electrons. The third-order valence-electron chi connectivity index (χ3n) is 2.68. The molecule has 1 rings (SSSR count). The van der Waals surface area contributed by atoms with Gasteiger partial charge in [0.25, 0.3) is 0 Å². The predicted molar refractivity (Wildman–Crippen MR) is 71.1 cm³/mol. The second-order valence-corrected chi connectivity index (χ2v) is 4.40. The van der Waals surface area contributed by atoms with Crippen LogP contribution >= 0.6 is 12.4 Å². The molecule has 2 N–H and O–H groups in total. The van der Waals surface area contributed by atoms with Gasteiger partial charge in [0.05, 0.1) is 0 Å². The molecule has 1 aliphatic heterocycles. The van der Waals surface area contributed by atoms with E-state index in [0.29, 0.717) is 6.54 Å². The van der Waals surface area contributed by atoms with Gasteiger partial charge in [-0.1, -0.05) is 0 Å². The zero-order chi connectivity index (χ0) is 14.1. The van der Waals surface area contributed by atoms with Crippen LogP contribution < -0.4 is 10.6 Å². The largest absolute Gasteiger partial charge is 0.411 e. The number of rotatable bonds is 7. The van der Waals surface area contributed by atoms with E-state index in [9.17, 15) is 18.0 Å². The Hall–Kier alpha value is -0.570. The number of piperazine rings is 1. The van der Waals surface area contributed by atoms with Crippen LogP contribution in [0.25, 0.3) is 0 Å². The lowest BCUT2D eigenvalue weighted by atomic mass is 10.3. The first-order valence-electron chi connectivity index (χ1n) is 6.31. The van der Waals surface area contributed by atoms with E-state index < -0.39 is 25.3 Å². The maximum atomic E-state index is 11.8. The van der Waals surface area contributed by atoms with Crippen LogP contribution in [0.2, 0.25) is 0 Å². The van der Waals surface area contributed by atoms with Gasteiger partial charge in [-0.2, -0.15) is 13.2 Å². The van der Waals surface area contributed by atoms with Crippen LogP contribution in [0.3, 0.4) is 0 Å². The van der Waals surface area contributed by atoms with E-state index in [1.165, 1.54) is 0 Å². The predicted octanol–water partition coefficient (Wildman–Crippen LogP) is 0.399. The minimum absolute atomic E-state index is 0. The molecule has 20 heavy (non-hydrogen) atoms. The fraction of sp³-hybridized carbons (Fsp3) is 0.909. The minimum atomic E-state index is -4.39. The van der Waals surface area contributed by atoms with Gasteiger partial charge in [-0.05, 0) is 13.0 Å². The summed E-state index contributed by atoms with van der Waals surface area (Å²) in [5, 5.41) is 5.77. The molecule has 0 aromatic heterocycles. The first-order chi connectivity index (χ1) is 8.97. The Bertz CT molecular complexity index is 274. The second kappa shape index (κ2) is 10.2. The molecule has 0 spiro atoms. The van der Waals surface area contributed by atoms with Crippen molar-refractivity contribution in [3.63, 3.8) is 0 Å². The maximum Gasteiger partial charge on any atom is 0.411 e. The van der Waals surface area contributed by atoms with Crippen molar-refractivity contribution in [1.82, 2.24) is 15.5 Å². The topological polar surface area (TPSA) is 53.6 Å². The molecule has 1 amide bonds. The number of carbonyl (C=O) groups is 1. The Morgan fingerprint density at radius 2 is 1.95 bits per heavy atom. The number of alkyl halides is 3. The van der Waals surface area contributed by atoms with Gasteiger partial charge in [-0.15, -0.1) is 12.4 Å². The van der Waals surface area contributed by atoms with Gasteiger partial charge in [0.2, 0.25) is 5.91 Å². The van der Waals surface area contributed by atoms with E-state index in [1.54, 1.807) is 0 Å². The first kappa shape index (κ1) is 19.4. The average Bonchev–Trinajstić information content (AvgIpc) is 2.34. The van der Waals surface area contributed by atoms with E-state index in [-0.39, 0.29) is 12.4 Å². The number of hydrogen-bond acceptors (Lipinski definition) is 4. The van der Waals surface area contributed by atoms with Crippen LogP contribution in [0.5, 0.6) is 0 Å². The molecule has 1 saturated heterocycles. The summed E-state index contributed by atoms with van der Waals surface area (Å²) in [4.78, 5) is 13.4. The van der Waals surface area contributed by atoms with Crippen molar-refractivity contribution >= 4 is 18.3 Å². The lowest BCUT2D eigenvalue weighted by Gasteiger charge is -2.27. The molecular weight excluding hydrogens is 299 g/mol. The number of ether oxygens (including phenoxy) is 1. The Kier molecular flexibility index (Phi) is 9.91. The molecular formula is C11H21ClF3N3O2. The molecule has 1 fully saturated rings. The molecule has 0 aromatic rings. The smallest absolute Gasteiger partial charge is 0.362 e. The van der Waals surface area contributed by atoms with Crippen molar-refractivity contribution in [2.75, 3.05) is 52.5 Å². The summed E-state index contributed by atoms with van der Waals surface area (Å²) in [6.07, 6.45) is -3.60. The molecule has 1 heterocycles. The SMILES string of the molecule is Cl.O=C(COCC(F)(F)F)NCCCN1CCNCC1. The van der Waals surface area contributed by atoms with E-state index in [1.807, 2.05) is 0 Å². The monoisotopic (exact) mass is 319 g/mol. The first-order valence-corrected chi connectivity index (χ1v) is 6.31. The summed E-state index contributed by atoms with van der Waals surface area (Å²) in [7, 11) is 0. The zero-order valence-electron chi connectivity index (χ0n) is 11.2. The average molecular weight is 320 g/mol. The van der Waals surface area contributed by atoms with Crippen LogP contribution in [0.4, 0.5) is 13.2 Å². The molecule has 0 atom stereocenters. The standard InChI is InChI=1S/C11H20F3N3O2.ClH/c12-11(13,14)9-19-8-10(18)16-2-1-5-17-6-3-15-4-7-17;/h15H,1-9H2,(H,16,18);1H. The number of hydrogen-bond donors (Lipinski definition) is 2. The molecule has 0 unspecified atom stereocenters. The van der Waals surface area contributed by atoms with E-state index in [2.05, 4.69) is 20.3 Å². The van der Waals surface area contributed by atoms with Crippen molar-refractivity contribution in [1.29, 1.82) is 0 Å². The van der Waals surface area contributed by atoms with Gasteiger partial charge in [0.15, 0.2) is 0 Å². The molecule has 0 saturated carbocycles. The van der Waals surface area contributed by atoms with Gasteiger partial charge in [-0.3, -0.25) is 4.79 Å². The van der Waals surface area contributed by atoms with E-state index in [4.69, 9.17) is 0 Å². The van der Waals surface area contributed by atoms with Crippen LogP contribution in [0.1, 0.15) is 6.42 Å². The van der Waals surface area contributed by atoms with Crippen molar-refractivity contribution in [3.05, 3.63) is 0 Å². The molecule has 0 bridgehead atoms. The van der Waals surface area contributed by atoms with E-state index in [0.717, 1.165) is 39.1 Å². The fourth-order valence-corrected chi connectivity index (χ4v) is 1.78. The summed E-state index contributed by atoms with van der Waals surface area (Å²) in [6, 6.07) is 0. The maximum absolute atomic E-state index is 11.8. The normalized spacial score (nSPS) is 16.6. The van der Waals surface area contributed by atoms with Crippen molar-refractivity contribution in [2.24, 2.45) is 0 Å². The third-order valence-corrected chi connectivity index (χ3v) is 2.68. The molecule has 0 aromatic carbocycles. The van der Waals surface area contributed by atoms with Gasteiger partial charge >= 0.3 is 6.18 Å². The molecule has 9 heteroatoms. The molecule has 0 aliphatic carbocycles. The molecule has 1 aliphatic rings. The van der Waals surface area contributed by atoms with Crippen LogP contribution in [-0.2, 0) is 9.53 Å². The number of nitrogens with zero attached hydrogens (tertiary/aromatic N) is 1. The highest BCUT2D eigenvalue weighted by Gasteiger charge is 2.27. The fourth-order valence-electron chi connectivity index (χ4n) is 1.78. The lowest BCUT2D eigenvalue weighted by molar-refractivity contribution is -0.175. The molecule has 120 valence electrons. The van der Waals surface area contributed by atoms with Gasteiger partial charge in [0.1, 0.15) is 13.2 Å². The van der Waals surface area contributed by atoms with Crippen molar-refractivity contribution < 1.29 is 22.7 Å². The number of halogens is 4. The van der Waals surface area contributed by atoms with Crippen LogP contribution in [-0.4, -0.2) is 69.5 Å². The summed E-state index contributed by atoms with van der Waals surface area (Å²) in [5.41, 5.74) is 0. The zero-order valence-corrected chi connectivity index (χ0v) is 12.0. The van der Waals surface area contributed by atoms with Gasteiger partial charge in [-0.25, -0.2) is 0 Å². The summed E-state index contributed by atoms with van der Waals surface area (Å²) in [5.74, 6) is -0.510. The second-order valence-electron chi connectivity index (χ2n) is 4.40. The summed E-state index contributed by atoms with van der Waals surface area (Å²) in [6.45, 7) is 3.32. The highest BCUT2D eigenvalue weighted by atomic mass is 35.5. The summed E-state index contributed by atoms with van der Waals surface area (Å²) < 4.78 is 39.5. The Labute approximate surface area is 122 Å². The van der Waals surface area contributed by atoms with Crippen molar-refractivity contribution in [2.45, 2.75) is 12.6 Å². The van der Waals surface area contributed by atoms with Gasteiger partial charge in [0, 0.05) is 32.7 Å². The minimum Gasteiger partial charge on any atom is -0.362 e. The Morgan fingerprint density at radius 1 is 1.30 bits per heavy atom. The van der Waals surface area contributed by atoms with Crippen molar-refractivity contribution in [3.8, 4) is 0 Å². The highest BCUT2D eigenvalue weighted by molar-refractivity contribution is 5.85. The third kappa shape index (κ3) is 10.2. The van der Waals surface area contributed by atoms with Gasteiger partial charge < -0.3 is 20.3 Å². The molecule has 5 nitrogen and oxygen atoms in total. The summed E-state index contributed by atoms with van der Waals surface area (Å²) >= 11 is 0. The number of nitrogens with one attached hydrogen (secondary N) is 2. The quantitative estimate of drug-likeness (QED) is 0.667. The van der Waals surface area contributed by atoms with Crippen LogP contribution in [0.15, 0.2) is 0 Å². The van der Waals surface area contributed by atoms with Crippen LogP contribution in [0, 0.1) is 0 Å². The highest BCUT2D eigenvalue weighted by Crippen LogP contribution is 2.13.